The molecule has 6 nitrogen and oxygen atoms in total. The first-order valence-electron chi connectivity index (χ1n) is 4.03. The molecule has 4 N–H and O–H groups in total. The van der Waals surface area contributed by atoms with Gasteiger partial charge in [-0.2, -0.15) is 0 Å². The normalized spacial score (nSPS) is 43.0. The predicted octanol–water partition coefficient (Wildman–Crippen LogP) is -1.39. The number of carbonyl (C=O) groups excluding carboxylic acids is 1. The molecule has 1 amide bonds. The lowest BCUT2D eigenvalue weighted by Gasteiger charge is -2.23. The van der Waals surface area contributed by atoms with Gasteiger partial charge in [-0.15, -0.1) is 0 Å². The van der Waals surface area contributed by atoms with Crippen LogP contribution in [0.1, 0.15) is 12.8 Å². The average molecular weight is 186 g/mol. The summed E-state index contributed by atoms with van der Waals surface area (Å²) in [6.45, 7) is 0. The van der Waals surface area contributed by atoms with Gasteiger partial charge in [-0.1, -0.05) is 0 Å². The summed E-state index contributed by atoms with van der Waals surface area (Å²) in [5, 5.41) is 8.86. The maximum atomic E-state index is 11.1. The topological polar surface area (TPSA) is 102 Å². The van der Waals surface area contributed by atoms with E-state index >= 15 is 0 Å². The number of carboxylic acids is 1. The van der Waals surface area contributed by atoms with Gasteiger partial charge in [0.25, 0.3) is 0 Å². The number of hydrogen-bond donors (Lipinski definition) is 3. The van der Waals surface area contributed by atoms with Gasteiger partial charge in [-0.3, -0.25) is 14.4 Å². The number of nitrogens with two attached hydrogens (primary N) is 1. The second kappa shape index (κ2) is 2.43. The Bertz CT molecular complexity index is 280. The van der Waals surface area contributed by atoms with Crippen LogP contribution in [0.5, 0.6) is 0 Å². The summed E-state index contributed by atoms with van der Waals surface area (Å²) >= 11 is 0. The first kappa shape index (κ1) is 8.46. The summed E-state index contributed by atoms with van der Waals surface area (Å²) in [7, 11) is 0. The molecular formula is C7H10N2O4. The largest absolute Gasteiger partial charge is 0.480 e. The van der Waals surface area contributed by atoms with Gasteiger partial charge in [-0.25, -0.2) is 5.48 Å². The van der Waals surface area contributed by atoms with E-state index in [4.69, 9.17) is 15.7 Å². The molecule has 1 heterocycles. The first-order chi connectivity index (χ1) is 6.05. The molecule has 1 aliphatic carbocycles. The molecule has 0 aromatic carbocycles. The molecule has 1 aliphatic heterocycles. The minimum absolute atomic E-state index is 0.265. The van der Waals surface area contributed by atoms with Crippen LogP contribution in [-0.4, -0.2) is 28.6 Å². The van der Waals surface area contributed by atoms with Crippen molar-refractivity contribution in [2.75, 3.05) is 0 Å². The number of amides is 1. The number of aliphatic carboxylic acids is 1. The third kappa shape index (κ3) is 0.956. The van der Waals surface area contributed by atoms with Crippen molar-refractivity contribution in [1.29, 1.82) is 0 Å². The number of carbonyl (C=O) groups is 2. The number of nitrogens with one attached hydrogen (secondary N) is 1. The predicted molar refractivity (Wildman–Crippen MR) is 40.3 cm³/mol. The van der Waals surface area contributed by atoms with Crippen LogP contribution in [0, 0.1) is 5.92 Å². The molecule has 0 aromatic heterocycles. The van der Waals surface area contributed by atoms with Crippen LogP contribution in [0.2, 0.25) is 0 Å². The van der Waals surface area contributed by atoms with Crippen LogP contribution >= 0.6 is 0 Å². The molecule has 13 heavy (non-hydrogen) atoms. The minimum Gasteiger partial charge on any atom is -0.480 e. The Hall–Kier alpha value is -1.14. The highest BCUT2D eigenvalue weighted by molar-refractivity contribution is 5.86. The summed E-state index contributed by atoms with van der Waals surface area (Å²) in [5.74, 6) is -1.78. The van der Waals surface area contributed by atoms with Crippen LogP contribution in [0.3, 0.4) is 0 Å². The smallest absolute Gasteiger partial charge is 0.326 e. The van der Waals surface area contributed by atoms with Crippen molar-refractivity contribution < 1.29 is 19.5 Å². The Morgan fingerprint density at radius 1 is 1.77 bits per heavy atom. The standard InChI is InChI=1S/C7H10N2O4/c8-7(6(11)12)2-1-3-4(7)13-9-5(3)10/h3-4H,1-2,8H2,(H,9,10)(H,11,12)/t3-,4-,7+/m0/s1. The summed E-state index contributed by atoms with van der Waals surface area (Å²) in [4.78, 5) is 26.8. The van der Waals surface area contributed by atoms with E-state index in [1.165, 1.54) is 0 Å². The van der Waals surface area contributed by atoms with E-state index in [0.29, 0.717) is 6.42 Å². The van der Waals surface area contributed by atoms with E-state index in [1.807, 2.05) is 0 Å². The highest BCUT2D eigenvalue weighted by Gasteiger charge is 2.58. The van der Waals surface area contributed by atoms with Crippen molar-refractivity contribution in [2.45, 2.75) is 24.5 Å². The molecule has 3 atom stereocenters. The maximum absolute atomic E-state index is 11.1. The molecular weight excluding hydrogens is 176 g/mol. The zero-order valence-corrected chi connectivity index (χ0v) is 6.82. The molecule has 0 radical (unpaired) electrons. The quantitative estimate of drug-likeness (QED) is 0.468. The van der Waals surface area contributed by atoms with Crippen LogP contribution in [-0.2, 0) is 14.4 Å². The number of fused-ring (bicyclic) bond motifs is 1. The third-order valence-corrected chi connectivity index (χ3v) is 2.76. The van der Waals surface area contributed by atoms with Gasteiger partial charge in [0.15, 0.2) is 0 Å². The molecule has 72 valence electrons. The van der Waals surface area contributed by atoms with Crippen LogP contribution < -0.4 is 11.2 Å². The number of hydroxylamine groups is 1. The zero-order valence-electron chi connectivity index (χ0n) is 6.82. The first-order valence-corrected chi connectivity index (χ1v) is 4.03. The molecule has 2 rings (SSSR count). The van der Waals surface area contributed by atoms with Crippen molar-refractivity contribution in [3.8, 4) is 0 Å². The van der Waals surface area contributed by atoms with E-state index in [0.717, 1.165) is 0 Å². The van der Waals surface area contributed by atoms with Gasteiger partial charge in [-0.05, 0) is 12.8 Å². The lowest BCUT2D eigenvalue weighted by Crippen LogP contribution is -2.55. The lowest BCUT2D eigenvalue weighted by molar-refractivity contribution is -0.150. The molecule has 6 heteroatoms. The molecule has 1 saturated carbocycles. The van der Waals surface area contributed by atoms with E-state index in [-0.39, 0.29) is 12.3 Å². The second-order valence-corrected chi connectivity index (χ2v) is 3.50. The Balaban J connectivity index is 2.28. The fourth-order valence-corrected chi connectivity index (χ4v) is 1.93. The van der Waals surface area contributed by atoms with Crippen molar-refractivity contribution in [3.63, 3.8) is 0 Å². The lowest BCUT2D eigenvalue weighted by atomic mass is 9.94. The number of rotatable bonds is 1. The van der Waals surface area contributed by atoms with Crippen molar-refractivity contribution in [2.24, 2.45) is 11.7 Å². The maximum Gasteiger partial charge on any atom is 0.326 e. The highest BCUT2D eigenvalue weighted by Crippen LogP contribution is 2.38. The van der Waals surface area contributed by atoms with Crippen LogP contribution in [0.15, 0.2) is 0 Å². The molecule has 2 fully saturated rings. The van der Waals surface area contributed by atoms with Gasteiger partial charge in [0.1, 0.15) is 11.6 Å². The fraction of sp³-hybridized carbons (Fsp3) is 0.714. The average Bonchev–Trinajstić information content (AvgIpc) is 2.57. The zero-order chi connectivity index (χ0) is 9.64. The van der Waals surface area contributed by atoms with E-state index in [9.17, 15) is 9.59 Å². The Morgan fingerprint density at radius 2 is 2.46 bits per heavy atom. The van der Waals surface area contributed by atoms with Gasteiger partial charge >= 0.3 is 5.97 Å². The van der Waals surface area contributed by atoms with Gasteiger partial charge < -0.3 is 10.8 Å². The summed E-state index contributed by atoms with van der Waals surface area (Å²) in [6, 6.07) is 0. The summed E-state index contributed by atoms with van der Waals surface area (Å²) < 4.78 is 0. The monoisotopic (exact) mass is 186 g/mol. The van der Waals surface area contributed by atoms with Crippen LogP contribution in [0.25, 0.3) is 0 Å². The van der Waals surface area contributed by atoms with Crippen molar-refractivity contribution in [3.05, 3.63) is 0 Å². The minimum atomic E-state index is -1.41. The second-order valence-electron chi connectivity index (χ2n) is 3.50. The summed E-state index contributed by atoms with van der Waals surface area (Å²) in [6.07, 6.45) is 0.0298. The van der Waals surface area contributed by atoms with Crippen LogP contribution in [0.4, 0.5) is 0 Å². The molecule has 2 aliphatic rings. The molecule has 0 unspecified atom stereocenters. The summed E-state index contributed by atoms with van der Waals surface area (Å²) in [5.41, 5.74) is 6.37. The van der Waals surface area contributed by atoms with Gasteiger partial charge in [0.2, 0.25) is 5.91 Å². The molecule has 0 spiro atoms. The molecule has 1 saturated heterocycles. The Morgan fingerprint density at radius 3 is 3.08 bits per heavy atom. The van der Waals surface area contributed by atoms with Gasteiger partial charge in [0, 0.05) is 0 Å². The Labute approximate surface area is 74.0 Å². The molecule has 0 bridgehead atoms. The highest BCUT2D eigenvalue weighted by atomic mass is 16.7. The van der Waals surface area contributed by atoms with E-state index < -0.39 is 23.5 Å². The van der Waals surface area contributed by atoms with E-state index in [2.05, 4.69) is 5.48 Å². The van der Waals surface area contributed by atoms with Gasteiger partial charge in [0.05, 0.1) is 5.92 Å². The Kier molecular flexibility index (Phi) is 1.58. The number of carboxylic acid groups (broad SMARTS) is 1. The van der Waals surface area contributed by atoms with Crippen molar-refractivity contribution in [1.82, 2.24) is 5.48 Å². The SMILES string of the molecule is N[C@]1(C(=O)O)CC[C@@H]2C(=O)NO[C@@H]21. The number of hydrogen-bond acceptors (Lipinski definition) is 4. The van der Waals surface area contributed by atoms with E-state index in [1.54, 1.807) is 0 Å². The molecule has 0 aromatic rings. The third-order valence-electron chi connectivity index (χ3n) is 2.76. The van der Waals surface area contributed by atoms with Crippen molar-refractivity contribution >= 4 is 11.9 Å². The fourth-order valence-electron chi connectivity index (χ4n) is 1.93.